The van der Waals surface area contributed by atoms with Crippen LogP contribution in [0.5, 0.6) is 0 Å². The molecule has 3 aromatic carbocycles. The van der Waals surface area contributed by atoms with E-state index in [-0.39, 0.29) is 29.8 Å². The van der Waals surface area contributed by atoms with Crippen molar-refractivity contribution in [3.8, 4) is 0 Å². The van der Waals surface area contributed by atoms with E-state index in [2.05, 4.69) is 5.32 Å². The summed E-state index contributed by atoms with van der Waals surface area (Å²) >= 11 is 12.0. The monoisotopic (exact) mass is 601 g/mol. The fourth-order valence-electron chi connectivity index (χ4n) is 4.86. The van der Waals surface area contributed by atoms with Crippen LogP contribution in [0.4, 0.5) is 0 Å². The number of benzene rings is 3. The van der Waals surface area contributed by atoms with Gasteiger partial charge in [0.1, 0.15) is 6.04 Å². The first-order valence-electron chi connectivity index (χ1n) is 13.2. The molecule has 212 valence electrons. The van der Waals surface area contributed by atoms with Gasteiger partial charge in [-0.2, -0.15) is 4.31 Å². The van der Waals surface area contributed by atoms with E-state index in [0.717, 1.165) is 41.1 Å². The number of rotatable bonds is 11. The summed E-state index contributed by atoms with van der Waals surface area (Å²) < 4.78 is 27.5. The standard InChI is InChI=1S/C30H33Cl2N3O4S/c1-34(40(38,39)27-17-15-25(32)16-18-27)21-29(36)35(20-23-11-13-24(31)14-12-23)28(19-22-7-3-2-4-8-22)30(37)33-26-9-5-6-10-26/h2-4,7-8,11-18,26,28H,5-6,9-10,19-21H2,1H3,(H,33,37)/t28-/m1/s1. The maximum atomic E-state index is 13.9. The van der Waals surface area contributed by atoms with E-state index < -0.39 is 28.5 Å². The number of halogens is 2. The number of nitrogens with zero attached hydrogens (tertiary/aromatic N) is 2. The van der Waals surface area contributed by atoms with Crippen LogP contribution in [0.25, 0.3) is 0 Å². The highest BCUT2D eigenvalue weighted by Gasteiger charge is 2.34. The van der Waals surface area contributed by atoms with Crippen molar-refractivity contribution in [3.63, 3.8) is 0 Å². The van der Waals surface area contributed by atoms with E-state index in [1.165, 1.54) is 36.2 Å². The first-order chi connectivity index (χ1) is 19.1. The van der Waals surface area contributed by atoms with Crippen LogP contribution in [0.3, 0.4) is 0 Å². The van der Waals surface area contributed by atoms with Crippen LogP contribution in [-0.4, -0.2) is 55.1 Å². The lowest BCUT2D eigenvalue weighted by atomic mass is 10.0. The molecule has 0 spiro atoms. The van der Waals surface area contributed by atoms with Crippen molar-refractivity contribution in [2.45, 2.75) is 55.6 Å². The van der Waals surface area contributed by atoms with Crippen LogP contribution in [-0.2, 0) is 32.6 Å². The summed E-state index contributed by atoms with van der Waals surface area (Å²) in [7, 11) is -2.62. The molecule has 1 saturated carbocycles. The van der Waals surface area contributed by atoms with Gasteiger partial charge in [-0.1, -0.05) is 78.5 Å². The highest BCUT2D eigenvalue weighted by atomic mass is 35.5. The Morgan fingerprint density at radius 2 is 1.45 bits per heavy atom. The number of hydrogen-bond donors (Lipinski definition) is 1. The molecule has 0 aliphatic heterocycles. The van der Waals surface area contributed by atoms with E-state index in [0.29, 0.717) is 10.0 Å². The van der Waals surface area contributed by atoms with Gasteiger partial charge in [0.15, 0.2) is 0 Å². The van der Waals surface area contributed by atoms with Crippen LogP contribution in [0, 0.1) is 0 Å². The van der Waals surface area contributed by atoms with Crippen LogP contribution < -0.4 is 5.32 Å². The third-order valence-electron chi connectivity index (χ3n) is 7.12. The molecule has 10 heteroatoms. The van der Waals surface area contributed by atoms with Crippen molar-refractivity contribution < 1.29 is 18.0 Å². The highest BCUT2D eigenvalue weighted by molar-refractivity contribution is 7.89. The van der Waals surface area contributed by atoms with Gasteiger partial charge in [0.25, 0.3) is 0 Å². The number of amides is 2. The number of nitrogens with one attached hydrogen (secondary N) is 1. The number of hydrogen-bond acceptors (Lipinski definition) is 4. The summed E-state index contributed by atoms with van der Waals surface area (Å²) in [5.41, 5.74) is 1.66. The molecule has 1 aliphatic carbocycles. The summed E-state index contributed by atoms with van der Waals surface area (Å²) in [5, 5.41) is 4.10. The first-order valence-corrected chi connectivity index (χ1v) is 15.4. The van der Waals surface area contributed by atoms with Crippen LogP contribution in [0.2, 0.25) is 10.0 Å². The van der Waals surface area contributed by atoms with Gasteiger partial charge in [0, 0.05) is 36.1 Å². The average molecular weight is 603 g/mol. The van der Waals surface area contributed by atoms with Crippen molar-refractivity contribution in [1.29, 1.82) is 0 Å². The molecule has 0 bridgehead atoms. The number of likely N-dealkylation sites (N-methyl/N-ethyl adjacent to an activating group) is 1. The molecule has 0 heterocycles. The minimum atomic E-state index is -3.98. The summed E-state index contributed by atoms with van der Waals surface area (Å²) in [5.74, 6) is -0.737. The fraction of sp³-hybridized carbons (Fsp3) is 0.333. The van der Waals surface area contributed by atoms with E-state index in [9.17, 15) is 18.0 Å². The Labute approximate surface area is 246 Å². The molecule has 0 aromatic heterocycles. The Bertz CT molecular complexity index is 1400. The average Bonchev–Trinajstić information content (AvgIpc) is 3.45. The van der Waals surface area contributed by atoms with Gasteiger partial charge in [-0.25, -0.2) is 8.42 Å². The van der Waals surface area contributed by atoms with Crippen LogP contribution in [0.15, 0.2) is 83.8 Å². The van der Waals surface area contributed by atoms with Gasteiger partial charge < -0.3 is 10.2 Å². The SMILES string of the molecule is CN(CC(=O)N(Cc1ccc(Cl)cc1)[C@H](Cc1ccccc1)C(=O)NC1CCCC1)S(=O)(=O)c1ccc(Cl)cc1. The lowest BCUT2D eigenvalue weighted by Gasteiger charge is -2.33. The largest absolute Gasteiger partial charge is 0.352 e. The van der Waals surface area contributed by atoms with Gasteiger partial charge in [-0.15, -0.1) is 0 Å². The first kappa shape index (κ1) is 30.1. The molecule has 0 radical (unpaired) electrons. The van der Waals surface area contributed by atoms with E-state index in [1.807, 2.05) is 30.3 Å². The van der Waals surface area contributed by atoms with Crippen molar-refractivity contribution in [1.82, 2.24) is 14.5 Å². The minimum absolute atomic E-state index is 0.0243. The summed E-state index contributed by atoms with van der Waals surface area (Å²) in [6, 6.07) is 21.5. The van der Waals surface area contributed by atoms with Gasteiger partial charge in [0.05, 0.1) is 11.4 Å². The molecule has 2 amide bonds. The third kappa shape index (κ3) is 7.85. The molecule has 7 nitrogen and oxygen atoms in total. The zero-order chi connectivity index (χ0) is 28.7. The normalized spacial score (nSPS) is 14.7. The molecule has 1 aliphatic rings. The van der Waals surface area contributed by atoms with Crippen molar-refractivity contribution >= 4 is 45.0 Å². The predicted octanol–water partition coefficient (Wildman–Crippen LogP) is 5.31. The lowest BCUT2D eigenvalue weighted by Crippen LogP contribution is -2.54. The number of carbonyl (C=O) groups is 2. The van der Waals surface area contributed by atoms with Gasteiger partial charge >= 0.3 is 0 Å². The van der Waals surface area contributed by atoms with Gasteiger partial charge in [0.2, 0.25) is 21.8 Å². The molecule has 4 rings (SSSR count). The van der Waals surface area contributed by atoms with Gasteiger partial charge in [-0.3, -0.25) is 9.59 Å². The molecule has 1 N–H and O–H groups in total. The molecular weight excluding hydrogens is 569 g/mol. The Kier molecular flexibility index (Phi) is 10.2. The molecule has 0 unspecified atom stereocenters. The Morgan fingerprint density at radius 3 is 2.05 bits per heavy atom. The zero-order valence-electron chi connectivity index (χ0n) is 22.3. The summed E-state index contributed by atoms with van der Waals surface area (Å²) in [4.78, 5) is 29.2. The maximum Gasteiger partial charge on any atom is 0.243 e. The molecule has 1 fully saturated rings. The van der Waals surface area contributed by atoms with Crippen molar-refractivity contribution in [3.05, 3.63) is 100 Å². The second kappa shape index (κ2) is 13.6. The summed E-state index contributed by atoms with van der Waals surface area (Å²) in [6.45, 7) is -0.332. The highest BCUT2D eigenvalue weighted by Crippen LogP contribution is 2.22. The van der Waals surface area contributed by atoms with Crippen molar-refractivity contribution in [2.24, 2.45) is 0 Å². The van der Waals surface area contributed by atoms with E-state index >= 15 is 0 Å². The quantitative estimate of drug-likeness (QED) is 0.322. The lowest BCUT2D eigenvalue weighted by molar-refractivity contribution is -0.141. The second-order valence-electron chi connectivity index (χ2n) is 10.1. The Balaban J connectivity index is 1.65. The third-order valence-corrected chi connectivity index (χ3v) is 9.44. The van der Waals surface area contributed by atoms with Gasteiger partial charge in [-0.05, 0) is 60.4 Å². The zero-order valence-corrected chi connectivity index (χ0v) is 24.6. The maximum absolute atomic E-state index is 13.9. The van der Waals surface area contributed by atoms with Crippen molar-refractivity contribution in [2.75, 3.05) is 13.6 Å². The smallest absolute Gasteiger partial charge is 0.243 e. The molecule has 3 aromatic rings. The molecule has 40 heavy (non-hydrogen) atoms. The predicted molar refractivity (Wildman–Crippen MR) is 158 cm³/mol. The molecular formula is C30H33Cl2N3O4S. The van der Waals surface area contributed by atoms with Crippen LogP contribution in [0.1, 0.15) is 36.8 Å². The minimum Gasteiger partial charge on any atom is -0.352 e. The molecule has 1 atom stereocenters. The second-order valence-corrected chi connectivity index (χ2v) is 13.0. The topological polar surface area (TPSA) is 86.8 Å². The summed E-state index contributed by atoms with van der Waals surface area (Å²) in [6.07, 6.45) is 4.19. The number of sulfonamides is 1. The fourth-order valence-corrected chi connectivity index (χ4v) is 6.23. The van der Waals surface area contributed by atoms with Crippen LogP contribution >= 0.6 is 23.2 Å². The number of carbonyl (C=O) groups excluding carboxylic acids is 2. The van der Waals surface area contributed by atoms with E-state index in [4.69, 9.17) is 23.2 Å². The molecule has 0 saturated heterocycles. The van der Waals surface area contributed by atoms with E-state index in [1.54, 1.807) is 24.3 Å². The Morgan fingerprint density at radius 1 is 0.875 bits per heavy atom. The Hall–Kier alpha value is -2.91.